The van der Waals surface area contributed by atoms with Crippen LogP contribution in [0.5, 0.6) is 0 Å². The molecule has 2 heterocycles. The summed E-state index contributed by atoms with van der Waals surface area (Å²) in [7, 11) is 6.07. The van der Waals surface area contributed by atoms with E-state index in [1.54, 1.807) is 6.33 Å². The first kappa shape index (κ1) is 18.2. The summed E-state index contributed by atoms with van der Waals surface area (Å²) in [6, 6.07) is 8.09. The molecule has 0 bridgehead atoms. The molecule has 0 saturated carbocycles. The predicted molar refractivity (Wildman–Crippen MR) is 105 cm³/mol. The first-order valence-corrected chi connectivity index (χ1v) is 9.08. The maximum absolute atomic E-state index is 6.30. The minimum Gasteiger partial charge on any atom is -0.363 e. The third-order valence-corrected chi connectivity index (χ3v) is 5.26. The Hall–Kier alpha value is -1.56. The molecule has 0 N–H and O–H groups in total. The van der Waals surface area contributed by atoms with Crippen LogP contribution >= 0.6 is 23.2 Å². The maximum atomic E-state index is 6.30. The number of aromatic nitrogens is 2. The number of likely N-dealkylation sites (N-methyl/N-ethyl adjacent to an activating group) is 1. The van der Waals surface area contributed by atoms with Gasteiger partial charge in [-0.15, -0.1) is 0 Å². The van der Waals surface area contributed by atoms with Crippen LogP contribution in [0.15, 0.2) is 30.6 Å². The lowest BCUT2D eigenvalue weighted by molar-refractivity contribution is 0.326. The molecule has 3 rings (SSSR count). The van der Waals surface area contributed by atoms with Crippen LogP contribution in [0.2, 0.25) is 10.0 Å². The van der Waals surface area contributed by atoms with Gasteiger partial charge in [-0.05, 0) is 30.2 Å². The Kier molecular flexibility index (Phi) is 5.67. The van der Waals surface area contributed by atoms with Crippen molar-refractivity contribution >= 4 is 34.8 Å². The number of hydrogen-bond donors (Lipinski definition) is 0. The average Bonchev–Trinajstić information content (AvgIpc) is 3.06. The van der Waals surface area contributed by atoms with E-state index in [0.29, 0.717) is 6.04 Å². The second kappa shape index (κ2) is 7.77. The highest BCUT2D eigenvalue weighted by Gasteiger charge is 2.27. The van der Waals surface area contributed by atoms with Crippen LogP contribution in [0.1, 0.15) is 12.0 Å². The summed E-state index contributed by atoms with van der Waals surface area (Å²) in [5.74, 6) is 1.86. The van der Waals surface area contributed by atoms with Crippen LogP contribution in [0, 0.1) is 0 Å². The Morgan fingerprint density at radius 2 is 1.88 bits per heavy atom. The zero-order valence-electron chi connectivity index (χ0n) is 14.8. The molecule has 0 amide bonds. The van der Waals surface area contributed by atoms with Crippen LogP contribution in [0.3, 0.4) is 0 Å². The summed E-state index contributed by atoms with van der Waals surface area (Å²) in [6.45, 7) is 2.82. The Morgan fingerprint density at radius 3 is 2.64 bits per heavy atom. The van der Waals surface area contributed by atoms with E-state index in [-0.39, 0.29) is 0 Å². The van der Waals surface area contributed by atoms with Crippen LogP contribution in [0.25, 0.3) is 0 Å². The predicted octanol–water partition coefficient (Wildman–Crippen LogP) is 3.56. The van der Waals surface area contributed by atoms with Crippen LogP contribution in [0.4, 0.5) is 11.6 Å². The number of hydrogen-bond acceptors (Lipinski definition) is 5. The van der Waals surface area contributed by atoms with E-state index in [4.69, 9.17) is 23.2 Å². The Bertz CT molecular complexity index is 737. The van der Waals surface area contributed by atoms with Crippen molar-refractivity contribution in [1.29, 1.82) is 0 Å². The molecule has 1 fully saturated rings. The Balaban J connectivity index is 1.66. The van der Waals surface area contributed by atoms with Gasteiger partial charge < -0.3 is 9.80 Å². The van der Waals surface area contributed by atoms with Crippen LogP contribution in [-0.4, -0.2) is 55.1 Å². The van der Waals surface area contributed by atoms with Gasteiger partial charge in [0.15, 0.2) is 0 Å². The molecule has 25 heavy (non-hydrogen) atoms. The van der Waals surface area contributed by atoms with Gasteiger partial charge in [0, 0.05) is 62.9 Å². The standard InChI is InChI=1S/C18H23Cl2N5/c1-23(2)17-9-18(22-12-21-17)24(3)15-6-7-25(11-15)10-13-8-14(19)4-5-16(13)20/h4-5,8-9,12,15H,6-7,10-11H2,1-3H3. The normalized spacial score (nSPS) is 17.7. The fourth-order valence-electron chi connectivity index (χ4n) is 3.14. The lowest BCUT2D eigenvalue weighted by atomic mass is 10.2. The van der Waals surface area contributed by atoms with Gasteiger partial charge >= 0.3 is 0 Å². The molecule has 1 aliphatic heterocycles. The Morgan fingerprint density at radius 1 is 1.12 bits per heavy atom. The first-order chi connectivity index (χ1) is 11.9. The lowest BCUT2D eigenvalue weighted by Crippen LogP contribution is -2.35. The SMILES string of the molecule is CN(C)c1cc(N(C)C2CCN(Cc3cc(Cl)ccc3Cl)C2)ncn1. The molecule has 1 saturated heterocycles. The molecule has 7 heteroatoms. The first-order valence-electron chi connectivity index (χ1n) is 8.32. The van der Waals surface area contributed by atoms with Gasteiger partial charge in [-0.1, -0.05) is 23.2 Å². The van der Waals surface area contributed by atoms with Crippen molar-refractivity contribution in [2.45, 2.75) is 19.0 Å². The van der Waals surface area contributed by atoms with Crippen LogP contribution in [-0.2, 0) is 6.54 Å². The molecule has 1 unspecified atom stereocenters. The monoisotopic (exact) mass is 379 g/mol. The van der Waals surface area contributed by atoms with Gasteiger partial charge in [0.2, 0.25) is 0 Å². The summed E-state index contributed by atoms with van der Waals surface area (Å²) in [6.07, 6.45) is 2.72. The fourth-order valence-corrected chi connectivity index (χ4v) is 3.51. The van der Waals surface area contributed by atoms with Gasteiger partial charge in [-0.2, -0.15) is 0 Å². The lowest BCUT2D eigenvalue weighted by Gasteiger charge is -2.26. The molecule has 0 aliphatic carbocycles. The molecule has 5 nitrogen and oxygen atoms in total. The Labute approximate surface area is 159 Å². The van der Waals surface area contributed by atoms with E-state index in [0.717, 1.165) is 53.3 Å². The number of benzene rings is 1. The summed E-state index contributed by atoms with van der Waals surface area (Å²) >= 11 is 12.4. The quantitative estimate of drug-likeness (QED) is 0.793. The number of halogens is 2. The van der Waals surface area contributed by atoms with E-state index in [1.807, 2.05) is 43.3 Å². The summed E-state index contributed by atoms with van der Waals surface area (Å²) in [4.78, 5) is 15.4. The topological polar surface area (TPSA) is 35.5 Å². The molecule has 0 spiro atoms. The second-order valence-electron chi connectivity index (χ2n) is 6.65. The number of anilines is 2. The fraction of sp³-hybridized carbons (Fsp3) is 0.444. The minimum atomic E-state index is 0.419. The van der Waals surface area contributed by atoms with Crippen molar-refractivity contribution in [2.75, 3.05) is 44.0 Å². The van der Waals surface area contributed by atoms with E-state index in [9.17, 15) is 0 Å². The largest absolute Gasteiger partial charge is 0.363 e. The molecular formula is C18H23Cl2N5. The molecule has 0 radical (unpaired) electrons. The highest BCUT2D eigenvalue weighted by molar-refractivity contribution is 6.33. The molecule has 2 aromatic rings. The van der Waals surface area contributed by atoms with Gasteiger partial charge in [0.25, 0.3) is 0 Å². The minimum absolute atomic E-state index is 0.419. The van der Waals surface area contributed by atoms with Gasteiger partial charge in [0.1, 0.15) is 18.0 Å². The highest BCUT2D eigenvalue weighted by atomic mass is 35.5. The molecule has 1 aromatic carbocycles. The van der Waals surface area contributed by atoms with E-state index in [1.165, 1.54) is 0 Å². The van der Waals surface area contributed by atoms with Crippen LogP contribution < -0.4 is 9.80 Å². The number of rotatable bonds is 5. The van der Waals surface area contributed by atoms with Crippen molar-refractivity contribution in [3.8, 4) is 0 Å². The van der Waals surface area contributed by atoms with E-state index in [2.05, 4.69) is 26.8 Å². The van der Waals surface area contributed by atoms with Crippen molar-refractivity contribution in [2.24, 2.45) is 0 Å². The second-order valence-corrected chi connectivity index (χ2v) is 7.50. The molecule has 134 valence electrons. The van der Waals surface area contributed by atoms with Gasteiger partial charge in [-0.25, -0.2) is 9.97 Å². The van der Waals surface area contributed by atoms with E-state index < -0.39 is 0 Å². The number of likely N-dealkylation sites (tertiary alicyclic amines) is 1. The van der Waals surface area contributed by atoms with Crippen molar-refractivity contribution in [1.82, 2.24) is 14.9 Å². The summed E-state index contributed by atoms with van der Waals surface area (Å²) in [5, 5.41) is 1.50. The summed E-state index contributed by atoms with van der Waals surface area (Å²) in [5.41, 5.74) is 1.08. The van der Waals surface area contributed by atoms with E-state index >= 15 is 0 Å². The number of nitrogens with zero attached hydrogens (tertiary/aromatic N) is 5. The average molecular weight is 380 g/mol. The molecular weight excluding hydrogens is 357 g/mol. The van der Waals surface area contributed by atoms with Crippen molar-refractivity contribution in [3.63, 3.8) is 0 Å². The van der Waals surface area contributed by atoms with Gasteiger partial charge in [0.05, 0.1) is 0 Å². The third kappa shape index (κ3) is 4.35. The maximum Gasteiger partial charge on any atom is 0.134 e. The smallest absolute Gasteiger partial charge is 0.134 e. The molecule has 1 aliphatic rings. The molecule has 1 atom stereocenters. The van der Waals surface area contributed by atoms with Gasteiger partial charge in [-0.3, -0.25) is 4.90 Å². The third-order valence-electron chi connectivity index (χ3n) is 4.65. The zero-order valence-corrected chi connectivity index (χ0v) is 16.3. The zero-order chi connectivity index (χ0) is 18.0. The van der Waals surface area contributed by atoms with Crippen molar-refractivity contribution < 1.29 is 0 Å². The highest BCUT2D eigenvalue weighted by Crippen LogP contribution is 2.26. The summed E-state index contributed by atoms with van der Waals surface area (Å²) < 4.78 is 0. The van der Waals surface area contributed by atoms with Crippen molar-refractivity contribution in [3.05, 3.63) is 46.2 Å². The molecule has 1 aromatic heterocycles.